The number of benzene rings is 1. The molecule has 0 spiro atoms. The maximum Gasteiger partial charge on any atom is 1.00 e. The van der Waals surface area contributed by atoms with Gasteiger partial charge < -0.3 is 13.5 Å². The van der Waals surface area contributed by atoms with Gasteiger partial charge in [-0.2, -0.15) is 0 Å². The smallest absolute Gasteiger partial charge is 1.00 e. The summed E-state index contributed by atoms with van der Waals surface area (Å²) in [5.41, 5.74) is 0.940. The summed E-state index contributed by atoms with van der Waals surface area (Å²) in [5, 5.41) is 2.20. The maximum atomic E-state index is 10.9. The fourth-order valence-electron chi connectivity index (χ4n) is 1.12. The van der Waals surface area contributed by atoms with Gasteiger partial charge in [0.15, 0.2) is 0 Å². The third kappa shape index (κ3) is 4.84. The largest absolute Gasteiger partial charge is 2.00 e. The van der Waals surface area contributed by atoms with E-state index in [-0.39, 0.29) is 114 Å². The summed E-state index contributed by atoms with van der Waals surface area (Å²) in [6.45, 7) is 0. The van der Waals surface area contributed by atoms with E-state index in [9.17, 15) is 9.59 Å². The summed E-state index contributed by atoms with van der Waals surface area (Å²) in [5.74, 6) is -0.601. The molecule has 1 aromatic rings. The first-order valence-electron chi connectivity index (χ1n) is 3.24. The Labute approximate surface area is 161 Å². The topological polar surface area (TPSA) is 46.2 Å². The zero-order chi connectivity index (χ0) is 7.84. The zero-order valence-electron chi connectivity index (χ0n) is 9.03. The molecule has 0 bridgehead atoms. The van der Waals surface area contributed by atoms with E-state index in [1.165, 1.54) is 0 Å². The number of carbonyl (C=O) groups excluding carboxylic acids is 2. The molecule has 3 nitrogen and oxygen atoms in total. The number of rotatable bonds is 0. The van der Waals surface area contributed by atoms with Crippen molar-refractivity contribution in [3.8, 4) is 0 Å². The molecule has 1 aliphatic rings. The Hall–Kier alpha value is 1.71. The third-order valence-electron chi connectivity index (χ3n) is 1.64. The van der Waals surface area contributed by atoms with Gasteiger partial charge in [0, 0.05) is 0 Å². The maximum absolute atomic E-state index is 10.9. The van der Waals surface area contributed by atoms with E-state index in [4.69, 9.17) is 0 Å². The molecule has 0 unspecified atom stereocenters. The summed E-state index contributed by atoms with van der Waals surface area (Å²) in [6, 6.07) is 6.74. The normalized spacial score (nSPS) is 10.7. The van der Waals surface area contributed by atoms with Gasteiger partial charge in [-0.05, 0) is 12.1 Å². The summed E-state index contributed by atoms with van der Waals surface area (Å²) in [7, 11) is 0. The van der Waals surface area contributed by atoms with Crippen molar-refractivity contribution < 1.29 is 98.3 Å². The quantitative estimate of drug-likeness (QED) is 0.366. The predicted octanol–water partition coefficient (Wildman–Crippen LogP) is -8.42. The van der Waals surface area contributed by atoms with Crippen molar-refractivity contribution in [1.29, 1.82) is 0 Å². The van der Waals surface area contributed by atoms with Crippen LogP contribution in [-0.2, 0) is 13.5 Å². The van der Waals surface area contributed by atoms with Crippen LogP contribution in [0.4, 0.5) is 0 Å². The minimum atomic E-state index is -0.300. The summed E-state index contributed by atoms with van der Waals surface area (Å²) < 4.78 is 0. The van der Waals surface area contributed by atoms with Crippen LogP contribution in [0.2, 0.25) is 0 Å². The average molecular weight is 248 g/mol. The second-order valence-electron chi connectivity index (χ2n) is 2.33. The van der Waals surface area contributed by atoms with Crippen molar-refractivity contribution in [3.63, 3.8) is 0 Å². The third-order valence-corrected chi connectivity index (χ3v) is 1.64. The van der Waals surface area contributed by atoms with Gasteiger partial charge in [0.2, 0.25) is 0 Å². The van der Waals surface area contributed by atoms with Gasteiger partial charge in [-0.3, -0.25) is 14.9 Å². The number of amides is 2. The molecular weight excluding hydrogens is 243 g/mol. The average Bonchev–Trinajstić information content (AvgIpc) is 2.30. The Balaban J connectivity index is -0.000000360. The standard InChI is InChI=1S/C8H5NO2.3Na.S/c10-7-5-3-1-2-4-6(5)8(11)9-7;;;;/h1-4H,(H,9,10,11);;;;/q;3*+1;-2. The zero-order valence-corrected chi connectivity index (χ0v) is 15.9. The summed E-state index contributed by atoms with van der Waals surface area (Å²) in [4.78, 5) is 21.9. The van der Waals surface area contributed by atoms with E-state index in [2.05, 4.69) is 5.32 Å². The number of hydrogen-bond acceptors (Lipinski definition) is 2. The molecule has 62 valence electrons. The van der Waals surface area contributed by atoms with Gasteiger partial charge >= 0.3 is 88.7 Å². The number of carbonyl (C=O) groups is 2. The molecule has 0 saturated heterocycles. The Morgan fingerprint density at radius 1 is 0.800 bits per heavy atom. The first kappa shape index (κ1) is 21.9. The molecule has 2 rings (SSSR count). The van der Waals surface area contributed by atoms with Gasteiger partial charge in [-0.15, -0.1) is 0 Å². The fourth-order valence-corrected chi connectivity index (χ4v) is 1.12. The molecule has 0 atom stereocenters. The van der Waals surface area contributed by atoms with Crippen LogP contribution >= 0.6 is 0 Å². The van der Waals surface area contributed by atoms with Crippen molar-refractivity contribution in [2.45, 2.75) is 0 Å². The number of fused-ring (bicyclic) bond motifs is 1. The molecule has 1 aliphatic heterocycles. The second kappa shape index (κ2) is 9.71. The van der Waals surface area contributed by atoms with E-state index in [0.717, 1.165) is 0 Å². The van der Waals surface area contributed by atoms with E-state index in [0.29, 0.717) is 11.1 Å². The van der Waals surface area contributed by atoms with Crippen LogP contribution in [0.1, 0.15) is 20.7 Å². The molecule has 0 aromatic heterocycles. The van der Waals surface area contributed by atoms with Crippen molar-refractivity contribution in [3.05, 3.63) is 35.4 Å². The number of nitrogens with one attached hydrogen (secondary N) is 1. The van der Waals surface area contributed by atoms with Gasteiger partial charge in [-0.1, -0.05) is 12.1 Å². The van der Waals surface area contributed by atoms with Crippen molar-refractivity contribution in [2.75, 3.05) is 0 Å². The van der Waals surface area contributed by atoms with Gasteiger partial charge in [0.25, 0.3) is 11.8 Å². The first-order valence-corrected chi connectivity index (χ1v) is 3.24. The monoisotopic (exact) mass is 248 g/mol. The van der Waals surface area contributed by atoms with E-state index < -0.39 is 0 Å². The van der Waals surface area contributed by atoms with Crippen LogP contribution in [0.3, 0.4) is 0 Å². The SMILES string of the molecule is O=C1NC(=O)c2ccccc21.[Na+].[Na+].[Na+].[S-2]. The van der Waals surface area contributed by atoms with E-state index in [1.54, 1.807) is 24.3 Å². The van der Waals surface area contributed by atoms with Crippen molar-refractivity contribution in [1.82, 2.24) is 5.32 Å². The summed E-state index contributed by atoms with van der Waals surface area (Å²) in [6.07, 6.45) is 0. The Bertz CT molecular complexity index is 326. The fraction of sp³-hybridized carbons (Fsp3) is 0. The van der Waals surface area contributed by atoms with Crippen LogP contribution in [0.15, 0.2) is 24.3 Å². The van der Waals surface area contributed by atoms with E-state index in [1.807, 2.05) is 0 Å². The van der Waals surface area contributed by atoms with Gasteiger partial charge in [0.1, 0.15) is 0 Å². The Kier molecular flexibility index (Phi) is 14.2. The molecule has 1 aromatic carbocycles. The molecule has 0 radical (unpaired) electrons. The molecule has 2 amide bonds. The minimum absolute atomic E-state index is 0. The molecule has 0 saturated carbocycles. The molecule has 1 heterocycles. The molecular formula is C8H5NNa3O2S+. The second-order valence-corrected chi connectivity index (χ2v) is 2.33. The van der Waals surface area contributed by atoms with Crippen molar-refractivity contribution >= 4 is 25.3 Å². The Morgan fingerprint density at radius 3 is 1.47 bits per heavy atom. The molecule has 1 N–H and O–H groups in total. The van der Waals surface area contributed by atoms with Crippen LogP contribution < -0.4 is 94.0 Å². The van der Waals surface area contributed by atoms with Crippen molar-refractivity contribution in [2.24, 2.45) is 0 Å². The summed E-state index contributed by atoms with van der Waals surface area (Å²) >= 11 is 0. The number of hydrogen-bond donors (Lipinski definition) is 1. The minimum Gasteiger partial charge on any atom is -2.00 e. The van der Waals surface area contributed by atoms with Crippen LogP contribution in [0.5, 0.6) is 0 Å². The molecule has 7 heteroatoms. The molecule has 0 aliphatic carbocycles. The first-order chi connectivity index (χ1) is 5.29. The van der Waals surface area contributed by atoms with Crippen LogP contribution in [0.25, 0.3) is 0 Å². The molecule has 15 heavy (non-hydrogen) atoms. The number of imide groups is 1. The molecule has 0 fully saturated rings. The Morgan fingerprint density at radius 2 is 1.13 bits per heavy atom. The van der Waals surface area contributed by atoms with Crippen LogP contribution in [-0.4, -0.2) is 11.8 Å². The van der Waals surface area contributed by atoms with Crippen LogP contribution in [0, 0.1) is 0 Å². The predicted molar refractivity (Wildman–Crippen MR) is 45.6 cm³/mol. The van der Waals surface area contributed by atoms with Gasteiger partial charge in [0.05, 0.1) is 11.1 Å². The van der Waals surface area contributed by atoms with E-state index >= 15 is 0 Å². The van der Waals surface area contributed by atoms with Gasteiger partial charge in [-0.25, -0.2) is 0 Å².